The van der Waals surface area contributed by atoms with Gasteiger partial charge in [0.05, 0.1) is 19.8 Å². The zero-order valence-electron chi connectivity index (χ0n) is 17.7. The first kappa shape index (κ1) is 29.3. The molecule has 0 spiro atoms. The quantitative estimate of drug-likeness (QED) is 0.117. The second-order valence-electron chi connectivity index (χ2n) is 8.05. The molecule has 14 atom stereocenters. The fourth-order valence-corrected chi connectivity index (χ4v) is 3.39. The van der Waals surface area contributed by atoms with Gasteiger partial charge in [-0.05, 0) is 0 Å². The van der Waals surface area contributed by atoms with Gasteiger partial charge in [-0.2, -0.15) is 0 Å². The van der Waals surface area contributed by atoms with E-state index in [1.54, 1.807) is 0 Å². The van der Waals surface area contributed by atoms with Crippen molar-refractivity contribution in [2.75, 3.05) is 19.8 Å². The van der Waals surface area contributed by atoms with Gasteiger partial charge in [0.1, 0.15) is 73.2 Å². The molecule has 0 aromatic heterocycles. The van der Waals surface area contributed by atoms with Gasteiger partial charge in [0, 0.05) is 0 Å². The van der Waals surface area contributed by atoms with Crippen molar-refractivity contribution >= 4 is 6.29 Å². The van der Waals surface area contributed by atoms with Gasteiger partial charge in [0.15, 0.2) is 18.9 Å². The molecular formula is C18H32O16. The third-order valence-electron chi connectivity index (χ3n) is 5.61. The number of hydrogen-bond donors (Lipinski definition) is 11. The second kappa shape index (κ2) is 12.9. The molecule has 0 unspecified atom stereocenters. The van der Waals surface area contributed by atoms with Crippen molar-refractivity contribution in [3.8, 4) is 0 Å². The Morgan fingerprint density at radius 2 is 1.21 bits per heavy atom. The molecule has 0 aromatic carbocycles. The van der Waals surface area contributed by atoms with Crippen LogP contribution in [0, 0.1) is 0 Å². The van der Waals surface area contributed by atoms with E-state index in [9.17, 15) is 61.0 Å². The van der Waals surface area contributed by atoms with E-state index in [1.807, 2.05) is 0 Å². The van der Waals surface area contributed by atoms with Crippen LogP contribution in [0.15, 0.2) is 0 Å². The zero-order valence-corrected chi connectivity index (χ0v) is 17.7. The summed E-state index contributed by atoms with van der Waals surface area (Å²) in [5.41, 5.74) is 0. The average molecular weight is 504 g/mol. The van der Waals surface area contributed by atoms with Crippen LogP contribution in [0.5, 0.6) is 0 Å². The first-order chi connectivity index (χ1) is 15.9. The number of carbonyl (C=O) groups excluding carboxylic acids is 1. The third-order valence-corrected chi connectivity index (χ3v) is 5.61. The van der Waals surface area contributed by atoms with E-state index in [0.717, 1.165) is 0 Å². The Bertz CT molecular complexity index is 623. The average Bonchev–Trinajstić information content (AvgIpc) is 2.84. The summed E-state index contributed by atoms with van der Waals surface area (Å²) in [6.45, 7) is -2.13. The highest BCUT2D eigenvalue weighted by Gasteiger charge is 2.47. The number of carbonyl (C=O) groups is 1. The van der Waals surface area contributed by atoms with Crippen LogP contribution in [0.25, 0.3) is 0 Å². The highest BCUT2D eigenvalue weighted by molar-refractivity contribution is 5.56. The van der Waals surface area contributed by atoms with Crippen LogP contribution in [-0.2, 0) is 23.7 Å². The predicted molar refractivity (Wildman–Crippen MR) is 102 cm³/mol. The molecule has 200 valence electrons. The van der Waals surface area contributed by atoms with Crippen LogP contribution in [-0.4, -0.2) is 168 Å². The van der Waals surface area contributed by atoms with Crippen LogP contribution < -0.4 is 0 Å². The molecule has 2 aliphatic rings. The molecule has 16 nitrogen and oxygen atoms in total. The van der Waals surface area contributed by atoms with Crippen molar-refractivity contribution in [2.45, 2.75) is 85.8 Å². The largest absolute Gasteiger partial charge is 0.394 e. The SMILES string of the molecule is O=C[C@H](O)[C@@H](O)[C@H](O)[C@H](O)CO[C@@H]1O[C@H](CO[C@@H]2O[C@H](CO)[C@H](O)[C@H](O)[C@H]2O)[C@H](O)[C@H](O)[C@H]1O. The zero-order chi connectivity index (χ0) is 25.7. The Morgan fingerprint density at radius 3 is 1.74 bits per heavy atom. The molecule has 0 aliphatic carbocycles. The second-order valence-corrected chi connectivity index (χ2v) is 8.05. The standard InChI is InChI=1S/C18H32O16/c19-1-5(21)9(23)10(24)6(22)3-31-17-16(30)14(28)12(26)8(34-17)4-32-18-15(29)13(27)11(25)7(2-20)33-18/h1,5-18,20-30H,2-4H2/t5-,6+,7+,8+,9+,10+,11-,12-,13-,14-,15+,16+,17+,18+/m0/s1. The molecule has 34 heavy (non-hydrogen) atoms. The fraction of sp³-hybridized carbons (Fsp3) is 0.944. The summed E-state index contributed by atoms with van der Waals surface area (Å²) in [6.07, 6.45) is -24.4. The van der Waals surface area contributed by atoms with Gasteiger partial charge in [-0.15, -0.1) is 0 Å². The van der Waals surface area contributed by atoms with Crippen LogP contribution in [0.2, 0.25) is 0 Å². The Morgan fingerprint density at radius 1 is 0.706 bits per heavy atom. The summed E-state index contributed by atoms with van der Waals surface area (Å²) >= 11 is 0. The molecular weight excluding hydrogens is 472 g/mol. The van der Waals surface area contributed by atoms with Gasteiger partial charge < -0.3 is 79.9 Å². The predicted octanol–water partition coefficient (Wildman–Crippen LogP) is -7.73. The summed E-state index contributed by atoms with van der Waals surface area (Å²) in [6, 6.07) is 0. The van der Waals surface area contributed by atoms with Gasteiger partial charge in [0.2, 0.25) is 0 Å². The van der Waals surface area contributed by atoms with Gasteiger partial charge in [-0.1, -0.05) is 0 Å². The van der Waals surface area contributed by atoms with Crippen LogP contribution in [0.1, 0.15) is 0 Å². The first-order valence-corrected chi connectivity index (χ1v) is 10.4. The summed E-state index contributed by atoms with van der Waals surface area (Å²) in [5, 5.41) is 107. The van der Waals surface area contributed by atoms with Crippen molar-refractivity contribution in [3.05, 3.63) is 0 Å². The topological polar surface area (TPSA) is 277 Å². The lowest BCUT2D eigenvalue weighted by Crippen LogP contribution is -2.62. The number of hydrogen-bond acceptors (Lipinski definition) is 16. The van der Waals surface area contributed by atoms with E-state index < -0.39 is 106 Å². The molecule has 0 bridgehead atoms. The Kier molecular flexibility index (Phi) is 11.1. The Hall–Kier alpha value is -0.930. The van der Waals surface area contributed by atoms with E-state index >= 15 is 0 Å². The van der Waals surface area contributed by atoms with Gasteiger partial charge in [-0.25, -0.2) is 0 Å². The lowest BCUT2D eigenvalue weighted by Gasteiger charge is -2.42. The monoisotopic (exact) mass is 504 g/mol. The number of aldehydes is 1. The number of rotatable bonds is 11. The summed E-state index contributed by atoms with van der Waals surface area (Å²) in [4.78, 5) is 10.5. The maximum atomic E-state index is 10.5. The van der Waals surface area contributed by atoms with Gasteiger partial charge in [0.25, 0.3) is 0 Å². The van der Waals surface area contributed by atoms with E-state index in [1.165, 1.54) is 0 Å². The minimum Gasteiger partial charge on any atom is -0.394 e. The molecule has 0 amide bonds. The smallest absolute Gasteiger partial charge is 0.186 e. The van der Waals surface area contributed by atoms with E-state index in [2.05, 4.69) is 0 Å². The lowest BCUT2D eigenvalue weighted by atomic mass is 9.98. The summed E-state index contributed by atoms with van der Waals surface area (Å²) in [5.74, 6) is 0. The van der Waals surface area contributed by atoms with Gasteiger partial charge >= 0.3 is 0 Å². The first-order valence-electron chi connectivity index (χ1n) is 10.4. The molecule has 0 aromatic rings. The molecule has 2 fully saturated rings. The van der Waals surface area contributed by atoms with E-state index in [0.29, 0.717) is 0 Å². The fourth-order valence-electron chi connectivity index (χ4n) is 3.39. The van der Waals surface area contributed by atoms with Crippen molar-refractivity contribution in [1.29, 1.82) is 0 Å². The minimum absolute atomic E-state index is 0.0623. The maximum absolute atomic E-state index is 10.5. The third kappa shape index (κ3) is 6.64. The number of aliphatic hydroxyl groups is 11. The van der Waals surface area contributed by atoms with Crippen molar-refractivity contribution in [1.82, 2.24) is 0 Å². The summed E-state index contributed by atoms with van der Waals surface area (Å²) < 4.78 is 20.8. The maximum Gasteiger partial charge on any atom is 0.186 e. The summed E-state index contributed by atoms with van der Waals surface area (Å²) in [7, 11) is 0. The lowest BCUT2D eigenvalue weighted by molar-refractivity contribution is -0.333. The van der Waals surface area contributed by atoms with E-state index in [4.69, 9.17) is 18.9 Å². The van der Waals surface area contributed by atoms with Crippen LogP contribution >= 0.6 is 0 Å². The molecule has 2 aliphatic heterocycles. The molecule has 0 saturated carbocycles. The highest BCUT2D eigenvalue weighted by atomic mass is 16.7. The minimum atomic E-state index is -2.04. The number of ether oxygens (including phenoxy) is 4. The molecule has 2 heterocycles. The van der Waals surface area contributed by atoms with Crippen molar-refractivity contribution < 1.29 is 79.9 Å². The van der Waals surface area contributed by atoms with Crippen LogP contribution in [0.4, 0.5) is 0 Å². The Balaban J connectivity index is 1.96. The number of aliphatic hydroxyl groups excluding tert-OH is 11. The van der Waals surface area contributed by atoms with Crippen LogP contribution in [0.3, 0.4) is 0 Å². The van der Waals surface area contributed by atoms with Crippen molar-refractivity contribution in [3.63, 3.8) is 0 Å². The normalized spacial score (nSPS) is 42.6. The van der Waals surface area contributed by atoms with Crippen molar-refractivity contribution in [2.24, 2.45) is 0 Å². The highest BCUT2D eigenvalue weighted by Crippen LogP contribution is 2.26. The van der Waals surface area contributed by atoms with Gasteiger partial charge in [-0.3, -0.25) is 0 Å². The van der Waals surface area contributed by atoms with E-state index in [-0.39, 0.29) is 6.29 Å². The molecule has 11 N–H and O–H groups in total. The molecule has 16 heteroatoms. The molecule has 2 rings (SSSR count). The molecule has 2 saturated heterocycles. The molecule has 0 radical (unpaired) electrons. The Labute approximate surface area is 192 Å².